The molecule has 0 aliphatic heterocycles. The first-order valence-electron chi connectivity index (χ1n) is 6.35. The Morgan fingerprint density at radius 3 is 2.53 bits per heavy atom. The number of carboxylic acid groups (broad SMARTS) is 1. The van der Waals surface area contributed by atoms with Crippen LogP contribution >= 0.6 is 0 Å². The largest absolute Gasteiger partial charge is 0.481 e. The SMILES string of the molecule is C[C@@H](Cc1ccccc1)[C@H](C(=O)O)c1cccnc1. The van der Waals surface area contributed by atoms with Crippen molar-refractivity contribution in [2.24, 2.45) is 5.92 Å². The lowest BCUT2D eigenvalue weighted by Gasteiger charge is -2.20. The minimum Gasteiger partial charge on any atom is -0.481 e. The van der Waals surface area contributed by atoms with Gasteiger partial charge in [-0.1, -0.05) is 43.3 Å². The van der Waals surface area contributed by atoms with Crippen molar-refractivity contribution in [3.05, 3.63) is 66.0 Å². The van der Waals surface area contributed by atoms with Gasteiger partial charge in [0.25, 0.3) is 0 Å². The molecule has 0 aliphatic rings. The van der Waals surface area contributed by atoms with Crippen LogP contribution in [0, 0.1) is 5.92 Å². The van der Waals surface area contributed by atoms with E-state index >= 15 is 0 Å². The predicted molar refractivity (Wildman–Crippen MR) is 73.9 cm³/mol. The first-order valence-corrected chi connectivity index (χ1v) is 6.35. The molecule has 2 rings (SSSR count). The molecule has 0 fully saturated rings. The average Bonchev–Trinajstić information content (AvgIpc) is 2.40. The first-order chi connectivity index (χ1) is 9.18. The number of pyridine rings is 1. The predicted octanol–water partition coefficient (Wildman–Crippen LogP) is 3.13. The highest BCUT2D eigenvalue weighted by atomic mass is 16.4. The van der Waals surface area contributed by atoms with Crippen LogP contribution < -0.4 is 0 Å². The quantitative estimate of drug-likeness (QED) is 0.893. The molecular weight excluding hydrogens is 238 g/mol. The zero-order valence-corrected chi connectivity index (χ0v) is 10.9. The number of nitrogens with zero attached hydrogens (tertiary/aromatic N) is 1. The molecule has 2 atom stereocenters. The molecule has 1 N–H and O–H groups in total. The number of hydrogen-bond acceptors (Lipinski definition) is 2. The van der Waals surface area contributed by atoms with E-state index in [9.17, 15) is 9.90 Å². The topological polar surface area (TPSA) is 50.2 Å². The molecule has 0 radical (unpaired) electrons. The van der Waals surface area contributed by atoms with E-state index in [4.69, 9.17) is 0 Å². The van der Waals surface area contributed by atoms with E-state index < -0.39 is 11.9 Å². The third kappa shape index (κ3) is 3.41. The standard InChI is InChI=1S/C16H17NO2/c1-12(10-13-6-3-2-4-7-13)15(16(18)19)14-8-5-9-17-11-14/h2-9,11-12,15H,10H2,1H3,(H,18,19)/t12-,15-/m0/s1. The molecule has 19 heavy (non-hydrogen) atoms. The van der Waals surface area contributed by atoms with Crippen molar-refractivity contribution in [2.75, 3.05) is 0 Å². The number of aliphatic carboxylic acids is 1. The zero-order valence-electron chi connectivity index (χ0n) is 10.9. The van der Waals surface area contributed by atoms with Crippen LogP contribution in [0.4, 0.5) is 0 Å². The van der Waals surface area contributed by atoms with Gasteiger partial charge in [0.05, 0.1) is 5.92 Å². The summed E-state index contributed by atoms with van der Waals surface area (Å²) in [6.45, 7) is 1.97. The Morgan fingerprint density at radius 1 is 1.21 bits per heavy atom. The van der Waals surface area contributed by atoms with Crippen LogP contribution in [0.3, 0.4) is 0 Å². The summed E-state index contributed by atoms with van der Waals surface area (Å²) in [5.41, 5.74) is 1.92. The minimum absolute atomic E-state index is 0.0177. The van der Waals surface area contributed by atoms with Gasteiger partial charge in [-0.05, 0) is 29.5 Å². The van der Waals surface area contributed by atoms with Crippen molar-refractivity contribution in [3.63, 3.8) is 0 Å². The van der Waals surface area contributed by atoms with Crippen molar-refractivity contribution in [2.45, 2.75) is 19.3 Å². The summed E-state index contributed by atoms with van der Waals surface area (Å²) >= 11 is 0. The molecule has 0 unspecified atom stereocenters. The van der Waals surface area contributed by atoms with Crippen LogP contribution in [-0.4, -0.2) is 16.1 Å². The summed E-state index contributed by atoms with van der Waals surface area (Å²) in [5, 5.41) is 9.45. The Labute approximate surface area is 112 Å². The normalized spacial score (nSPS) is 13.7. The lowest BCUT2D eigenvalue weighted by atomic mass is 9.84. The molecule has 0 amide bonds. The van der Waals surface area contributed by atoms with E-state index in [1.165, 1.54) is 0 Å². The Morgan fingerprint density at radius 2 is 1.95 bits per heavy atom. The third-order valence-corrected chi connectivity index (χ3v) is 3.28. The van der Waals surface area contributed by atoms with Crippen LogP contribution in [0.2, 0.25) is 0 Å². The number of hydrogen-bond donors (Lipinski definition) is 1. The third-order valence-electron chi connectivity index (χ3n) is 3.28. The van der Waals surface area contributed by atoms with Gasteiger partial charge in [-0.15, -0.1) is 0 Å². The lowest BCUT2D eigenvalue weighted by Crippen LogP contribution is -2.21. The van der Waals surface area contributed by atoms with Gasteiger partial charge in [-0.25, -0.2) is 0 Å². The van der Waals surface area contributed by atoms with Crippen LogP contribution in [-0.2, 0) is 11.2 Å². The van der Waals surface area contributed by atoms with Gasteiger partial charge >= 0.3 is 5.97 Å². The smallest absolute Gasteiger partial charge is 0.311 e. The highest BCUT2D eigenvalue weighted by Gasteiger charge is 2.26. The van der Waals surface area contributed by atoms with Crippen LogP contribution in [0.25, 0.3) is 0 Å². The van der Waals surface area contributed by atoms with Gasteiger partial charge in [0.2, 0.25) is 0 Å². The number of carbonyl (C=O) groups is 1. The highest BCUT2D eigenvalue weighted by Crippen LogP contribution is 2.27. The second-order valence-electron chi connectivity index (χ2n) is 4.77. The second kappa shape index (κ2) is 6.14. The van der Waals surface area contributed by atoms with Gasteiger partial charge in [0.1, 0.15) is 0 Å². The fourth-order valence-corrected chi connectivity index (χ4v) is 2.38. The zero-order chi connectivity index (χ0) is 13.7. The van der Waals surface area contributed by atoms with Crippen molar-refractivity contribution < 1.29 is 9.90 Å². The van der Waals surface area contributed by atoms with Crippen molar-refractivity contribution in [3.8, 4) is 0 Å². The van der Waals surface area contributed by atoms with Crippen LogP contribution in [0.1, 0.15) is 24.0 Å². The fourth-order valence-electron chi connectivity index (χ4n) is 2.38. The van der Waals surface area contributed by atoms with E-state index in [2.05, 4.69) is 4.98 Å². The van der Waals surface area contributed by atoms with Gasteiger partial charge in [0, 0.05) is 12.4 Å². The molecule has 1 aromatic carbocycles. The van der Waals surface area contributed by atoms with Crippen LogP contribution in [0.15, 0.2) is 54.9 Å². The monoisotopic (exact) mass is 255 g/mol. The van der Waals surface area contributed by atoms with Gasteiger partial charge in [-0.2, -0.15) is 0 Å². The van der Waals surface area contributed by atoms with E-state index in [1.54, 1.807) is 18.5 Å². The maximum Gasteiger partial charge on any atom is 0.311 e. The summed E-state index contributed by atoms with van der Waals surface area (Å²) in [7, 11) is 0. The molecule has 3 heteroatoms. The summed E-state index contributed by atoms with van der Waals surface area (Å²) in [4.78, 5) is 15.5. The van der Waals surface area contributed by atoms with Gasteiger partial charge in [0.15, 0.2) is 0 Å². The molecular formula is C16H17NO2. The van der Waals surface area contributed by atoms with E-state index in [1.807, 2.05) is 43.3 Å². The van der Waals surface area contributed by atoms with Crippen molar-refractivity contribution in [1.82, 2.24) is 4.98 Å². The maximum atomic E-state index is 11.5. The summed E-state index contributed by atoms with van der Waals surface area (Å²) < 4.78 is 0. The van der Waals surface area contributed by atoms with E-state index in [0.717, 1.165) is 17.5 Å². The Balaban J connectivity index is 2.18. The molecule has 1 heterocycles. The molecule has 0 aliphatic carbocycles. The molecule has 3 nitrogen and oxygen atoms in total. The Hall–Kier alpha value is -2.16. The average molecular weight is 255 g/mol. The van der Waals surface area contributed by atoms with E-state index in [0.29, 0.717) is 0 Å². The second-order valence-corrected chi connectivity index (χ2v) is 4.77. The Bertz CT molecular complexity index is 525. The number of aromatic nitrogens is 1. The van der Waals surface area contributed by atoms with Crippen molar-refractivity contribution in [1.29, 1.82) is 0 Å². The summed E-state index contributed by atoms with van der Waals surface area (Å²) in [5.74, 6) is -1.30. The van der Waals surface area contributed by atoms with Crippen LogP contribution in [0.5, 0.6) is 0 Å². The highest BCUT2D eigenvalue weighted by molar-refractivity contribution is 5.76. The first kappa shape index (κ1) is 13.3. The summed E-state index contributed by atoms with van der Waals surface area (Å²) in [6.07, 6.45) is 4.04. The lowest BCUT2D eigenvalue weighted by molar-refractivity contribution is -0.140. The van der Waals surface area contributed by atoms with E-state index in [-0.39, 0.29) is 5.92 Å². The number of rotatable bonds is 5. The molecule has 0 saturated heterocycles. The number of benzene rings is 1. The molecule has 0 saturated carbocycles. The molecule has 0 bridgehead atoms. The Kier molecular flexibility index (Phi) is 4.29. The van der Waals surface area contributed by atoms with Gasteiger partial charge in [-0.3, -0.25) is 9.78 Å². The molecule has 2 aromatic rings. The minimum atomic E-state index is -0.795. The maximum absolute atomic E-state index is 11.5. The van der Waals surface area contributed by atoms with Crippen molar-refractivity contribution >= 4 is 5.97 Å². The summed E-state index contributed by atoms with van der Waals surface area (Å²) in [6, 6.07) is 13.6. The van der Waals surface area contributed by atoms with Gasteiger partial charge < -0.3 is 5.11 Å². The fraction of sp³-hybridized carbons (Fsp3) is 0.250. The molecule has 0 spiro atoms. The molecule has 98 valence electrons. The number of carboxylic acids is 1. The molecule has 1 aromatic heterocycles.